The predicted molar refractivity (Wildman–Crippen MR) is 115 cm³/mol. The summed E-state index contributed by atoms with van der Waals surface area (Å²) in [4.78, 5) is 17.8. The molecule has 5 rings (SSSR count). The minimum atomic E-state index is -0.187. The van der Waals surface area contributed by atoms with Gasteiger partial charge in [-0.15, -0.1) is 0 Å². The van der Waals surface area contributed by atoms with Crippen LogP contribution in [-0.2, 0) is 0 Å². The Balaban J connectivity index is 1.58. The van der Waals surface area contributed by atoms with Gasteiger partial charge in [-0.05, 0) is 54.6 Å². The van der Waals surface area contributed by atoms with Gasteiger partial charge in [0.05, 0.1) is 16.8 Å². The van der Waals surface area contributed by atoms with Crippen molar-refractivity contribution in [2.75, 3.05) is 12.1 Å². The number of fused-ring (bicyclic) bond motifs is 2. The van der Waals surface area contributed by atoms with Gasteiger partial charge in [0.2, 0.25) is 6.79 Å². The third kappa shape index (κ3) is 3.43. The molecule has 0 radical (unpaired) electrons. The van der Waals surface area contributed by atoms with E-state index in [0.29, 0.717) is 22.8 Å². The standard InChI is InChI=1S/C23H15BrN2O3/c24-15-6-8-16(9-7-15)25-23(27)18-12-20(26-19-4-2-1-3-17(18)19)14-5-10-21-22(11-14)29-13-28-21/h1-12H,13H2,(H,25,27). The van der Waals surface area contributed by atoms with Crippen LogP contribution in [0.3, 0.4) is 0 Å². The first-order valence-electron chi connectivity index (χ1n) is 9.04. The van der Waals surface area contributed by atoms with Crippen molar-refractivity contribution in [2.24, 2.45) is 0 Å². The van der Waals surface area contributed by atoms with Gasteiger partial charge in [0.15, 0.2) is 11.5 Å². The smallest absolute Gasteiger partial charge is 0.256 e. The Hall–Kier alpha value is -3.38. The summed E-state index contributed by atoms with van der Waals surface area (Å²) in [6.45, 7) is 0.213. The lowest BCUT2D eigenvalue weighted by Crippen LogP contribution is -2.13. The molecule has 0 spiro atoms. The topological polar surface area (TPSA) is 60.5 Å². The lowest BCUT2D eigenvalue weighted by atomic mass is 10.0. The second-order valence-electron chi connectivity index (χ2n) is 6.60. The highest BCUT2D eigenvalue weighted by molar-refractivity contribution is 9.10. The van der Waals surface area contributed by atoms with E-state index < -0.39 is 0 Å². The summed E-state index contributed by atoms with van der Waals surface area (Å²) in [5.74, 6) is 1.20. The molecule has 142 valence electrons. The molecule has 0 bridgehead atoms. The number of aromatic nitrogens is 1. The van der Waals surface area contributed by atoms with Gasteiger partial charge >= 0.3 is 0 Å². The maximum Gasteiger partial charge on any atom is 0.256 e. The van der Waals surface area contributed by atoms with Crippen molar-refractivity contribution in [3.05, 3.63) is 82.8 Å². The number of carbonyl (C=O) groups excluding carboxylic acids is 1. The molecule has 0 unspecified atom stereocenters. The van der Waals surface area contributed by atoms with Crippen molar-refractivity contribution in [1.29, 1.82) is 0 Å². The Labute approximate surface area is 175 Å². The average Bonchev–Trinajstić information content (AvgIpc) is 3.22. The molecular formula is C23H15BrN2O3. The fourth-order valence-electron chi connectivity index (χ4n) is 3.30. The predicted octanol–water partition coefficient (Wildman–Crippen LogP) is 5.65. The van der Waals surface area contributed by atoms with Crippen LogP contribution in [0, 0.1) is 0 Å². The Morgan fingerprint density at radius 3 is 2.59 bits per heavy atom. The van der Waals surface area contributed by atoms with E-state index in [1.54, 1.807) is 0 Å². The van der Waals surface area contributed by atoms with Crippen molar-refractivity contribution >= 4 is 38.4 Å². The number of nitrogens with one attached hydrogen (secondary N) is 1. The first kappa shape index (κ1) is 17.7. The molecule has 1 aliphatic rings. The molecule has 5 nitrogen and oxygen atoms in total. The van der Waals surface area contributed by atoms with Crippen LogP contribution >= 0.6 is 15.9 Å². The number of anilines is 1. The summed E-state index contributed by atoms with van der Waals surface area (Å²) in [6.07, 6.45) is 0. The van der Waals surface area contributed by atoms with E-state index in [0.717, 1.165) is 26.6 Å². The second-order valence-corrected chi connectivity index (χ2v) is 7.52. The highest BCUT2D eigenvalue weighted by atomic mass is 79.9. The maximum atomic E-state index is 13.1. The minimum Gasteiger partial charge on any atom is -0.454 e. The van der Waals surface area contributed by atoms with Crippen molar-refractivity contribution < 1.29 is 14.3 Å². The molecule has 0 aliphatic carbocycles. The first-order chi connectivity index (χ1) is 14.2. The molecule has 3 aromatic carbocycles. The van der Waals surface area contributed by atoms with Gasteiger partial charge in [-0.25, -0.2) is 4.98 Å². The lowest BCUT2D eigenvalue weighted by molar-refractivity contribution is 0.102. The van der Waals surface area contributed by atoms with E-state index in [1.807, 2.05) is 72.8 Å². The Bertz CT molecular complexity index is 1240. The van der Waals surface area contributed by atoms with Crippen LogP contribution in [-0.4, -0.2) is 17.7 Å². The third-order valence-electron chi connectivity index (χ3n) is 4.73. The lowest BCUT2D eigenvalue weighted by Gasteiger charge is -2.11. The van der Waals surface area contributed by atoms with E-state index >= 15 is 0 Å². The van der Waals surface area contributed by atoms with Gasteiger partial charge in [-0.3, -0.25) is 4.79 Å². The summed E-state index contributed by atoms with van der Waals surface area (Å²) < 4.78 is 11.8. The normalized spacial score (nSPS) is 12.2. The first-order valence-corrected chi connectivity index (χ1v) is 9.83. The number of benzene rings is 3. The molecule has 0 saturated carbocycles. The van der Waals surface area contributed by atoms with Gasteiger partial charge in [-0.2, -0.15) is 0 Å². The van der Waals surface area contributed by atoms with Gasteiger partial charge in [0.25, 0.3) is 5.91 Å². The van der Waals surface area contributed by atoms with Gasteiger partial charge in [0, 0.05) is 21.1 Å². The largest absolute Gasteiger partial charge is 0.454 e. The van der Waals surface area contributed by atoms with Crippen molar-refractivity contribution in [2.45, 2.75) is 0 Å². The molecule has 29 heavy (non-hydrogen) atoms. The molecule has 1 amide bonds. The molecule has 1 N–H and O–H groups in total. The Kier molecular flexibility index (Phi) is 4.41. The van der Waals surface area contributed by atoms with E-state index in [4.69, 9.17) is 14.5 Å². The highest BCUT2D eigenvalue weighted by Gasteiger charge is 2.17. The highest BCUT2D eigenvalue weighted by Crippen LogP contribution is 2.36. The Morgan fingerprint density at radius 2 is 1.72 bits per heavy atom. The SMILES string of the molecule is O=C(Nc1ccc(Br)cc1)c1cc(-c2ccc3c(c2)OCO3)nc2ccccc12. The molecule has 0 atom stereocenters. The fraction of sp³-hybridized carbons (Fsp3) is 0.0435. The summed E-state index contributed by atoms with van der Waals surface area (Å²) in [5.41, 5.74) is 3.60. The zero-order chi connectivity index (χ0) is 19.8. The number of ether oxygens (including phenoxy) is 2. The minimum absolute atomic E-state index is 0.187. The van der Waals surface area contributed by atoms with E-state index in [-0.39, 0.29) is 12.7 Å². The molecule has 1 aromatic heterocycles. The zero-order valence-corrected chi connectivity index (χ0v) is 16.8. The van der Waals surface area contributed by atoms with Gasteiger partial charge < -0.3 is 14.8 Å². The average molecular weight is 447 g/mol. The van der Waals surface area contributed by atoms with Crippen LogP contribution < -0.4 is 14.8 Å². The maximum absolute atomic E-state index is 13.1. The number of hydrogen-bond donors (Lipinski definition) is 1. The van der Waals surface area contributed by atoms with E-state index in [2.05, 4.69) is 21.2 Å². The summed E-state index contributed by atoms with van der Waals surface area (Å²) in [7, 11) is 0. The van der Waals surface area contributed by atoms with Crippen LogP contribution in [0.1, 0.15) is 10.4 Å². The van der Waals surface area contributed by atoms with Crippen LogP contribution in [0.5, 0.6) is 11.5 Å². The number of para-hydroxylation sites is 1. The van der Waals surface area contributed by atoms with Crippen LogP contribution in [0.4, 0.5) is 5.69 Å². The second kappa shape index (κ2) is 7.22. The molecule has 0 saturated heterocycles. The van der Waals surface area contributed by atoms with Crippen molar-refractivity contribution in [3.63, 3.8) is 0 Å². The fourth-order valence-corrected chi connectivity index (χ4v) is 3.56. The van der Waals surface area contributed by atoms with E-state index in [9.17, 15) is 4.79 Å². The molecule has 2 heterocycles. The summed E-state index contributed by atoms with van der Waals surface area (Å²) in [5, 5.41) is 3.76. The van der Waals surface area contributed by atoms with Crippen LogP contribution in [0.2, 0.25) is 0 Å². The van der Waals surface area contributed by atoms with Gasteiger partial charge in [-0.1, -0.05) is 34.1 Å². The number of rotatable bonds is 3. The number of nitrogens with zero attached hydrogens (tertiary/aromatic N) is 1. The van der Waals surface area contributed by atoms with Gasteiger partial charge in [0.1, 0.15) is 0 Å². The van der Waals surface area contributed by atoms with Crippen LogP contribution in [0.15, 0.2) is 77.3 Å². The number of hydrogen-bond acceptors (Lipinski definition) is 4. The molecule has 4 aromatic rings. The van der Waals surface area contributed by atoms with Crippen molar-refractivity contribution in [1.82, 2.24) is 4.98 Å². The van der Waals surface area contributed by atoms with Crippen LogP contribution in [0.25, 0.3) is 22.2 Å². The zero-order valence-electron chi connectivity index (χ0n) is 15.2. The number of pyridine rings is 1. The number of carbonyl (C=O) groups is 1. The monoisotopic (exact) mass is 446 g/mol. The third-order valence-corrected chi connectivity index (χ3v) is 5.26. The summed E-state index contributed by atoms with van der Waals surface area (Å²) in [6, 6.07) is 22.6. The molecular weight excluding hydrogens is 432 g/mol. The number of amides is 1. The molecule has 1 aliphatic heterocycles. The quantitative estimate of drug-likeness (QED) is 0.441. The molecule has 0 fully saturated rings. The van der Waals surface area contributed by atoms with Crippen molar-refractivity contribution in [3.8, 4) is 22.8 Å². The molecule has 6 heteroatoms. The number of halogens is 1. The summed E-state index contributed by atoms with van der Waals surface area (Å²) >= 11 is 3.41. The Morgan fingerprint density at radius 1 is 0.931 bits per heavy atom. The van der Waals surface area contributed by atoms with E-state index in [1.165, 1.54) is 0 Å².